The lowest BCUT2D eigenvalue weighted by atomic mass is 9.92. The van der Waals surface area contributed by atoms with Crippen molar-refractivity contribution in [2.45, 2.75) is 58.0 Å². The number of nitrogens with two attached hydrogens (primary N) is 1. The van der Waals surface area contributed by atoms with Crippen LogP contribution in [0.5, 0.6) is 0 Å². The molecule has 2 aliphatic heterocycles. The van der Waals surface area contributed by atoms with Gasteiger partial charge in [0.15, 0.2) is 0 Å². The smallest absolute Gasteiger partial charge is 0.274 e. The first-order valence-corrected chi connectivity index (χ1v) is 10.4. The summed E-state index contributed by atoms with van der Waals surface area (Å²) >= 11 is 0. The lowest BCUT2D eigenvalue weighted by Gasteiger charge is -2.36. The fourth-order valence-electron chi connectivity index (χ4n) is 4.47. The van der Waals surface area contributed by atoms with Crippen LogP contribution in [-0.4, -0.2) is 38.9 Å². The maximum absolute atomic E-state index is 13.5. The van der Waals surface area contributed by atoms with E-state index in [9.17, 15) is 14.0 Å². The van der Waals surface area contributed by atoms with E-state index in [1.807, 2.05) is 6.92 Å². The highest BCUT2D eigenvalue weighted by atomic mass is 19.1. The molecule has 2 amide bonds. The molecular formula is C22H27FN4O2. The highest BCUT2D eigenvalue weighted by Crippen LogP contribution is 2.30. The minimum atomic E-state index is -0.356. The van der Waals surface area contributed by atoms with Crippen molar-refractivity contribution in [1.29, 1.82) is 0 Å². The number of imidazole rings is 1. The molecule has 4 rings (SSSR count). The number of hydrogen-bond donors (Lipinski definition) is 1. The Hall–Kier alpha value is -2.70. The summed E-state index contributed by atoms with van der Waals surface area (Å²) in [6.07, 6.45) is 5.38. The number of hydrogen-bond acceptors (Lipinski definition) is 3. The Labute approximate surface area is 169 Å². The predicted molar refractivity (Wildman–Crippen MR) is 108 cm³/mol. The molecule has 0 bridgehead atoms. The molecule has 6 nitrogen and oxygen atoms in total. The number of piperidine rings is 1. The number of aromatic nitrogens is 2. The van der Waals surface area contributed by atoms with Crippen LogP contribution in [0, 0.1) is 11.7 Å². The van der Waals surface area contributed by atoms with Crippen molar-refractivity contribution in [2.75, 3.05) is 6.54 Å². The average Bonchev–Trinajstić information content (AvgIpc) is 2.89. The highest BCUT2D eigenvalue weighted by Gasteiger charge is 2.35. The topological polar surface area (TPSA) is 81.2 Å². The van der Waals surface area contributed by atoms with Gasteiger partial charge in [0.1, 0.15) is 17.3 Å². The van der Waals surface area contributed by atoms with Gasteiger partial charge in [-0.1, -0.05) is 6.42 Å². The summed E-state index contributed by atoms with van der Waals surface area (Å²) < 4.78 is 15.5. The minimum Gasteiger partial charge on any atom is -0.369 e. The van der Waals surface area contributed by atoms with Gasteiger partial charge in [-0.3, -0.25) is 9.59 Å². The number of likely N-dealkylation sites (tertiary alicyclic amines) is 1. The van der Waals surface area contributed by atoms with Crippen LogP contribution in [-0.2, 0) is 17.8 Å². The quantitative estimate of drug-likeness (QED) is 0.862. The Kier molecular flexibility index (Phi) is 5.39. The third-order valence-electron chi connectivity index (χ3n) is 6.22. The van der Waals surface area contributed by atoms with Crippen LogP contribution >= 0.6 is 0 Å². The molecule has 1 aromatic heterocycles. The van der Waals surface area contributed by atoms with Crippen LogP contribution in [0.4, 0.5) is 4.39 Å². The monoisotopic (exact) mass is 398 g/mol. The number of amides is 2. The van der Waals surface area contributed by atoms with Crippen LogP contribution in [0.15, 0.2) is 24.3 Å². The summed E-state index contributed by atoms with van der Waals surface area (Å²) in [7, 11) is 0. The van der Waals surface area contributed by atoms with Crippen LogP contribution in [0.2, 0.25) is 0 Å². The molecule has 2 N–H and O–H groups in total. The number of fused-ring (bicyclic) bond motifs is 1. The molecule has 2 aromatic rings. The Balaban J connectivity index is 1.74. The molecule has 0 radical (unpaired) electrons. The van der Waals surface area contributed by atoms with Crippen molar-refractivity contribution in [3.63, 3.8) is 0 Å². The minimum absolute atomic E-state index is 0.0375. The molecule has 0 spiro atoms. The van der Waals surface area contributed by atoms with Gasteiger partial charge in [0, 0.05) is 24.7 Å². The predicted octanol–water partition coefficient (Wildman–Crippen LogP) is 3.14. The number of carbonyl (C=O) groups excluding carboxylic acids is 2. The lowest BCUT2D eigenvalue weighted by Crippen LogP contribution is -2.48. The molecular weight excluding hydrogens is 371 g/mol. The van der Waals surface area contributed by atoms with Crippen LogP contribution in [0.1, 0.15) is 55.2 Å². The van der Waals surface area contributed by atoms with E-state index in [1.165, 1.54) is 12.1 Å². The number of carbonyl (C=O) groups is 2. The largest absolute Gasteiger partial charge is 0.369 e. The normalized spacial score (nSPS) is 22.1. The van der Waals surface area contributed by atoms with Crippen molar-refractivity contribution in [3.8, 4) is 11.4 Å². The first-order valence-electron chi connectivity index (χ1n) is 10.4. The van der Waals surface area contributed by atoms with Crippen molar-refractivity contribution in [3.05, 3.63) is 41.5 Å². The molecule has 154 valence electrons. The second-order valence-electron chi connectivity index (χ2n) is 8.18. The van der Waals surface area contributed by atoms with E-state index in [2.05, 4.69) is 4.57 Å². The Bertz CT molecular complexity index is 922. The van der Waals surface area contributed by atoms with Crippen molar-refractivity contribution >= 4 is 11.8 Å². The molecule has 7 heteroatoms. The first-order chi connectivity index (χ1) is 14.0. The molecule has 2 atom stereocenters. The van der Waals surface area contributed by atoms with Crippen LogP contribution in [0.3, 0.4) is 0 Å². The molecule has 1 aromatic carbocycles. The summed E-state index contributed by atoms with van der Waals surface area (Å²) in [5, 5.41) is 0. The third-order valence-corrected chi connectivity index (χ3v) is 6.22. The zero-order valence-corrected chi connectivity index (χ0v) is 16.7. The Morgan fingerprint density at radius 3 is 2.62 bits per heavy atom. The molecule has 3 heterocycles. The van der Waals surface area contributed by atoms with E-state index >= 15 is 0 Å². The molecule has 1 saturated heterocycles. The van der Waals surface area contributed by atoms with Gasteiger partial charge in [0.25, 0.3) is 5.91 Å². The third kappa shape index (κ3) is 3.78. The zero-order valence-electron chi connectivity index (χ0n) is 16.7. The van der Waals surface area contributed by atoms with Gasteiger partial charge in [-0.15, -0.1) is 0 Å². The first kappa shape index (κ1) is 19.6. The summed E-state index contributed by atoms with van der Waals surface area (Å²) in [4.78, 5) is 31.7. The van der Waals surface area contributed by atoms with Gasteiger partial charge in [0.05, 0.1) is 11.6 Å². The number of nitrogens with zero attached hydrogens (tertiary/aromatic N) is 3. The van der Waals surface area contributed by atoms with Crippen molar-refractivity contribution < 1.29 is 14.0 Å². The van der Waals surface area contributed by atoms with Gasteiger partial charge in [-0.25, -0.2) is 9.37 Å². The van der Waals surface area contributed by atoms with E-state index in [4.69, 9.17) is 10.7 Å². The summed E-state index contributed by atoms with van der Waals surface area (Å²) in [6.45, 7) is 3.14. The van der Waals surface area contributed by atoms with Crippen molar-refractivity contribution in [2.24, 2.45) is 11.7 Å². The van der Waals surface area contributed by atoms with Gasteiger partial charge in [-0.05, 0) is 63.3 Å². The van der Waals surface area contributed by atoms with Crippen LogP contribution < -0.4 is 5.73 Å². The molecule has 0 unspecified atom stereocenters. The fraction of sp³-hybridized carbons (Fsp3) is 0.500. The summed E-state index contributed by atoms with van der Waals surface area (Å²) in [5.74, 6) is -0.394. The van der Waals surface area contributed by atoms with E-state index in [-0.39, 0.29) is 29.6 Å². The standard InChI is InChI=1S/C22H27FN4O2/c1-14-6-7-16(20(24)28)13-27(14)22(29)19-18-5-3-2-4-12-26(18)21(25-19)15-8-10-17(23)11-9-15/h8-11,14,16H,2-7,12-13H2,1H3,(H2,24,28)/t14-,16-/m1/s1. The summed E-state index contributed by atoms with van der Waals surface area (Å²) in [5.41, 5.74) is 7.72. The number of primary amides is 1. The molecule has 0 saturated carbocycles. The number of benzene rings is 1. The number of halogens is 1. The second kappa shape index (κ2) is 7.97. The maximum atomic E-state index is 13.5. The fourth-order valence-corrected chi connectivity index (χ4v) is 4.47. The summed E-state index contributed by atoms with van der Waals surface area (Å²) in [6, 6.07) is 6.28. The maximum Gasteiger partial charge on any atom is 0.274 e. The Morgan fingerprint density at radius 2 is 1.90 bits per heavy atom. The molecule has 29 heavy (non-hydrogen) atoms. The zero-order chi connectivity index (χ0) is 20.5. The van der Waals surface area contributed by atoms with Gasteiger partial charge >= 0.3 is 0 Å². The molecule has 2 aliphatic rings. The second-order valence-corrected chi connectivity index (χ2v) is 8.18. The SMILES string of the molecule is C[C@@H]1CC[C@@H](C(N)=O)CN1C(=O)c1nc(-c2ccc(F)cc2)n2c1CCCCC2. The molecule has 0 aliphatic carbocycles. The number of rotatable bonds is 3. The van der Waals surface area contributed by atoms with E-state index in [1.54, 1.807) is 17.0 Å². The van der Waals surface area contributed by atoms with E-state index < -0.39 is 0 Å². The van der Waals surface area contributed by atoms with Gasteiger partial charge in [0.2, 0.25) is 5.91 Å². The average molecular weight is 398 g/mol. The van der Waals surface area contributed by atoms with E-state index in [0.29, 0.717) is 24.5 Å². The van der Waals surface area contributed by atoms with Gasteiger partial charge < -0.3 is 15.2 Å². The van der Waals surface area contributed by atoms with Crippen LogP contribution in [0.25, 0.3) is 11.4 Å². The molecule has 1 fully saturated rings. The highest BCUT2D eigenvalue weighted by molar-refractivity contribution is 5.95. The Morgan fingerprint density at radius 1 is 1.14 bits per heavy atom. The van der Waals surface area contributed by atoms with Crippen molar-refractivity contribution in [1.82, 2.24) is 14.5 Å². The van der Waals surface area contributed by atoms with Gasteiger partial charge in [-0.2, -0.15) is 0 Å². The lowest BCUT2D eigenvalue weighted by molar-refractivity contribution is -0.123. The van der Waals surface area contributed by atoms with E-state index in [0.717, 1.165) is 49.9 Å².